The van der Waals surface area contributed by atoms with Crippen LogP contribution in [0.15, 0.2) is 30.6 Å². The second-order valence-electron chi connectivity index (χ2n) is 6.33. The predicted octanol–water partition coefficient (Wildman–Crippen LogP) is 1.43. The highest BCUT2D eigenvalue weighted by Gasteiger charge is 2.42. The molecule has 0 bridgehead atoms. The molecular formula is C16H19N5O3. The van der Waals surface area contributed by atoms with E-state index in [4.69, 9.17) is 0 Å². The Morgan fingerprint density at radius 1 is 1.33 bits per heavy atom. The third kappa shape index (κ3) is 3.12. The van der Waals surface area contributed by atoms with Crippen LogP contribution in [-0.4, -0.2) is 42.7 Å². The van der Waals surface area contributed by atoms with E-state index in [0.717, 1.165) is 12.8 Å². The van der Waals surface area contributed by atoms with E-state index in [0.29, 0.717) is 30.0 Å². The third-order valence-corrected chi connectivity index (χ3v) is 4.61. The number of carboxylic acid groups (broad SMARTS) is 1. The van der Waals surface area contributed by atoms with Crippen LogP contribution in [0, 0.1) is 5.92 Å². The molecule has 1 saturated carbocycles. The Hall–Kier alpha value is -2.77. The summed E-state index contributed by atoms with van der Waals surface area (Å²) in [5.74, 6) is -0.890. The number of carbonyl (C=O) groups excluding carboxylic acids is 1. The Kier molecular flexibility index (Phi) is 4.28. The van der Waals surface area contributed by atoms with Crippen LogP contribution in [0.3, 0.4) is 0 Å². The van der Waals surface area contributed by atoms with E-state index in [1.54, 1.807) is 24.3 Å². The van der Waals surface area contributed by atoms with E-state index >= 15 is 0 Å². The van der Waals surface area contributed by atoms with Gasteiger partial charge in [-0.1, -0.05) is 13.0 Å². The van der Waals surface area contributed by atoms with E-state index in [1.807, 2.05) is 0 Å². The van der Waals surface area contributed by atoms with Gasteiger partial charge in [0.1, 0.15) is 11.9 Å². The zero-order chi connectivity index (χ0) is 17.2. The van der Waals surface area contributed by atoms with Gasteiger partial charge in [-0.2, -0.15) is 0 Å². The Morgan fingerprint density at radius 3 is 2.71 bits per heavy atom. The lowest BCUT2D eigenvalue weighted by molar-refractivity contribution is -0.146. The summed E-state index contributed by atoms with van der Waals surface area (Å²) in [7, 11) is 0. The first-order valence-electron chi connectivity index (χ1n) is 7.89. The van der Waals surface area contributed by atoms with Crippen LogP contribution in [0.25, 0.3) is 5.69 Å². The predicted molar refractivity (Wildman–Crippen MR) is 84.6 cm³/mol. The van der Waals surface area contributed by atoms with E-state index in [9.17, 15) is 14.7 Å². The van der Waals surface area contributed by atoms with Crippen molar-refractivity contribution in [2.75, 3.05) is 0 Å². The summed E-state index contributed by atoms with van der Waals surface area (Å²) in [4.78, 5) is 24.3. The number of amides is 1. The Morgan fingerprint density at radius 2 is 2.08 bits per heavy atom. The molecule has 3 rings (SSSR count). The number of hydrogen-bond acceptors (Lipinski definition) is 5. The van der Waals surface area contributed by atoms with Crippen LogP contribution in [0.2, 0.25) is 0 Å². The summed E-state index contributed by atoms with van der Waals surface area (Å²) >= 11 is 0. The van der Waals surface area contributed by atoms with Crippen molar-refractivity contribution in [3.8, 4) is 5.69 Å². The first kappa shape index (κ1) is 16.1. The highest BCUT2D eigenvalue weighted by atomic mass is 16.4. The summed E-state index contributed by atoms with van der Waals surface area (Å²) in [6.07, 6.45) is 3.90. The first-order chi connectivity index (χ1) is 11.5. The molecule has 8 heteroatoms. The molecule has 0 aliphatic heterocycles. The maximum atomic E-state index is 12.6. The van der Waals surface area contributed by atoms with E-state index in [2.05, 4.69) is 27.8 Å². The fourth-order valence-corrected chi connectivity index (χ4v) is 3.01. The number of benzene rings is 1. The Balaban J connectivity index is 1.81. The van der Waals surface area contributed by atoms with Crippen LogP contribution in [-0.2, 0) is 4.79 Å². The van der Waals surface area contributed by atoms with Gasteiger partial charge in [-0.05, 0) is 60.2 Å². The molecule has 0 radical (unpaired) electrons. The zero-order valence-electron chi connectivity index (χ0n) is 13.3. The monoisotopic (exact) mass is 329 g/mol. The quantitative estimate of drug-likeness (QED) is 0.878. The van der Waals surface area contributed by atoms with Crippen molar-refractivity contribution in [1.82, 2.24) is 25.5 Å². The smallest absolute Gasteiger partial charge is 0.329 e. The second-order valence-corrected chi connectivity index (χ2v) is 6.33. The lowest BCUT2D eigenvalue weighted by Gasteiger charge is -2.36. The second kappa shape index (κ2) is 6.38. The largest absolute Gasteiger partial charge is 0.480 e. The maximum Gasteiger partial charge on any atom is 0.329 e. The summed E-state index contributed by atoms with van der Waals surface area (Å²) in [5, 5.41) is 23.3. The van der Waals surface area contributed by atoms with Gasteiger partial charge in [-0.15, -0.1) is 5.10 Å². The fourth-order valence-electron chi connectivity index (χ4n) is 3.01. The Bertz CT molecular complexity index is 736. The highest BCUT2D eigenvalue weighted by Crippen LogP contribution is 2.32. The van der Waals surface area contributed by atoms with Gasteiger partial charge in [0.25, 0.3) is 5.91 Å². The SMILES string of the molecule is CC1CCC(NC(=O)c2cccc(-n3cnnn3)c2)(C(=O)O)CC1. The van der Waals surface area contributed by atoms with E-state index in [1.165, 1.54) is 11.0 Å². The van der Waals surface area contributed by atoms with Gasteiger partial charge >= 0.3 is 5.97 Å². The van der Waals surface area contributed by atoms with Crippen molar-refractivity contribution in [2.45, 2.75) is 38.1 Å². The molecule has 126 valence electrons. The van der Waals surface area contributed by atoms with Crippen LogP contribution in [0.4, 0.5) is 0 Å². The van der Waals surface area contributed by atoms with Gasteiger partial charge in [-0.3, -0.25) is 4.79 Å². The molecule has 0 atom stereocenters. The highest BCUT2D eigenvalue weighted by molar-refractivity contribution is 5.98. The van der Waals surface area contributed by atoms with Crippen LogP contribution in [0.1, 0.15) is 43.0 Å². The van der Waals surface area contributed by atoms with Crippen molar-refractivity contribution in [3.05, 3.63) is 36.2 Å². The van der Waals surface area contributed by atoms with Crippen molar-refractivity contribution in [2.24, 2.45) is 5.92 Å². The normalized spacial score (nSPS) is 23.6. The fraction of sp³-hybridized carbons (Fsp3) is 0.438. The standard InChI is InChI=1S/C16H19N5O3/c1-11-5-7-16(8-6-11,15(23)24)18-14(22)12-3-2-4-13(9-12)21-10-17-19-20-21/h2-4,9-11H,5-8H2,1H3,(H,18,22)(H,23,24). The van der Waals surface area contributed by atoms with Crippen LogP contribution < -0.4 is 5.32 Å². The summed E-state index contributed by atoms with van der Waals surface area (Å²) in [5.41, 5.74) is -0.175. The van der Waals surface area contributed by atoms with Crippen molar-refractivity contribution in [1.29, 1.82) is 0 Å². The van der Waals surface area contributed by atoms with Crippen molar-refractivity contribution < 1.29 is 14.7 Å². The third-order valence-electron chi connectivity index (χ3n) is 4.61. The van der Waals surface area contributed by atoms with Crippen molar-refractivity contribution >= 4 is 11.9 Å². The number of rotatable bonds is 4. The van der Waals surface area contributed by atoms with E-state index < -0.39 is 17.4 Å². The Labute approximate surface area is 138 Å². The molecule has 0 saturated heterocycles. The van der Waals surface area contributed by atoms with Gasteiger partial charge in [0, 0.05) is 5.56 Å². The maximum absolute atomic E-state index is 12.6. The molecule has 8 nitrogen and oxygen atoms in total. The van der Waals surface area contributed by atoms with Gasteiger partial charge in [0.05, 0.1) is 5.69 Å². The average molecular weight is 329 g/mol. The molecule has 1 aromatic heterocycles. The minimum absolute atomic E-state index is 0.377. The lowest BCUT2D eigenvalue weighted by Crippen LogP contribution is -2.56. The summed E-state index contributed by atoms with van der Waals surface area (Å²) in [6.45, 7) is 2.10. The molecule has 0 unspecified atom stereocenters. The minimum Gasteiger partial charge on any atom is -0.480 e. The van der Waals surface area contributed by atoms with Gasteiger partial charge < -0.3 is 10.4 Å². The number of aliphatic carboxylic acids is 1. The molecule has 1 amide bonds. The van der Waals surface area contributed by atoms with Crippen molar-refractivity contribution in [3.63, 3.8) is 0 Å². The van der Waals surface area contributed by atoms with Gasteiger partial charge in [-0.25, -0.2) is 9.48 Å². The number of tetrazole rings is 1. The van der Waals surface area contributed by atoms with E-state index in [-0.39, 0.29) is 0 Å². The van der Waals surface area contributed by atoms with Gasteiger partial charge in [0.2, 0.25) is 0 Å². The molecular weight excluding hydrogens is 310 g/mol. The average Bonchev–Trinajstić information content (AvgIpc) is 3.11. The molecule has 1 aromatic carbocycles. The van der Waals surface area contributed by atoms with Gasteiger partial charge in [0.15, 0.2) is 0 Å². The minimum atomic E-state index is -1.19. The number of aromatic nitrogens is 4. The lowest BCUT2D eigenvalue weighted by atomic mass is 9.77. The number of nitrogens with one attached hydrogen (secondary N) is 1. The number of hydrogen-bond donors (Lipinski definition) is 2. The summed E-state index contributed by atoms with van der Waals surface area (Å²) in [6, 6.07) is 6.75. The topological polar surface area (TPSA) is 110 Å². The first-order valence-corrected chi connectivity index (χ1v) is 7.89. The van der Waals surface area contributed by atoms with Crippen LogP contribution >= 0.6 is 0 Å². The number of nitrogens with zero attached hydrogens (tertiary/aromatic N) is 4. The molecule has 0 spiro atoms. The molecule has 2 N–H and O–H groups in total. The van der Waals surface area contributed by atoms with Crippen LogP contribution in [0.5, 0.6) is 0 Å². The molecule has 1 aliphatic carbocycles. The molecule has 1 heterocycles. The molecule has 1 aliphatic rings. The zero-order valence-corrected chi connectivity index (χ0v) is 13.3. The molecule has 1 fully saturated rings. The number of carbonyl (C=O) groups is 2. The molecule has 2 aromatic rings. The molecule has 24 heavy (non-hydrogen) atoms. The summed E-state index contributed by atoms with van der Waals surface area (Å²) < 4.78 is 1.44. The number of carboxylic acids is 1.